The monoisotopic (exact) mass is 745 g/mol. The van der Waals surface area contributed by atoms with Crippen LogP contribution in [0.4, 0.5) is 0 Å². The van der Waals surface area contributed by atoms with Crippen molar-refractivity contribution in [3.63, 3.8) is 0 Å². The van der Waals surface area contributed by atoms with Gasteiger partial charge in [0.2, 0.25) is 23.6 Å². The van der Waals surface area contributed by atoms with Crippen LogP contribution in [0.3, 0.4) is 0 Å². The summed E-state index contributed by atoms with van der Waals surface area (Å²) in [6.45, 7) is 1.99. The van der Waals surface area contributed by atoms with E-state index in [-0.39, 0.29) is 38.0 Å². The molecule has 1 heterocycles. The number of aromatic nitrogens is 1. The van der Waals surface area contributed by atoms with E-state index in [9.17, 15) is 24.0 Å². The number of carbonyl (C=O) groups excluding carboxylic acids is 5. The molecular weight excluding hydrogens is 695 g/mol. The summed E-state index contributed by atoms with van der Waals surface area (Å²) in [6.07, 6.45) is 3.95. The van der Waals surface area contributed by atoms with Crippen molar-refractivity contribution in [2.45, 2.75) is 76.0 Å². The van der Waals surface area contributed by atoms with Crippen molar-refractivity contribution in [3.05, 3.63) is 120 Å². The molecule has 0 saturated heterocycles. The number of aromatic amines is 1. The number of rotatable bonds is 20. The van der Waals surface area contributed by atoms with Gasteiger partial charge in [0.25, 0.3) is 0 Å². The number of benzene rings is 4. The predicted molar refractivity (Wildman–Crippen MR) is 215 cm³/mol. The number of hydrogen-bond acceptors (Lipinski definition) is 7. The number of Topliss-reactive ketones (excluding diaryl/α,β-unsaturated/α-hetero) is 1. The zero-order valence-corrected chi connectivity index (χ0v) is 31.2. The number of nitrogens with two attached hydrogens (primary N) is 2. The summed E-state index contributed by atoms with van der Waals surface area (Å²) in [5.74, 6) is -2.29. The van der Waals surface area contributed by atoms with Gasteiger partial charge < -0.3 is 37.7 Å². The molecule has 0 bridgehead atoms. The SMILES string of the molecule is CC(=O)C(CCCCN)NC(=O)C(Cc1ccccc1)NC(=O)C(Cc1c[nH]c2ccccc12)NC(=O)C(Cc1ccc2ccccc2c1)NC(=O)CCN. The van der Waals surface area contributed by atoms with Crippen LogP contribution in [-0.2, 0) is 43.2 Å². The summed E-state index contributed by atoms with van der Waals surface area (Å²) in [5.41, 5.74) is 14.6. The molecule has 0 spiro atoms. The first-order valence-electron chi connectivity index (χ1n) is 18.8. The van der Waals surface area contributed by atoms with Crippen LogP contribution >= 0.6 is 0 Å². The molecule has 0 fully saturated rings. The number of H-pyrrole nitrogens is 1. The van der Waals surface area contributed by atoms with Crippen LogP contribution in [0.5, 0.6) is 0 Å². The second kappa shape index (κ2) is 20.0. The maximum absolute atomic E-state index is 14.4. The lowest BCUT2D eigenvalue weighted by atomic mass is 9.99. The molecule has 0 aliphatic rings. The summed E-state index contributed by atoms with van der Waals surface area (Å²) < 4.78 is 0. The zero-order valence-electron chi connectivity index (χ0n) is 31.2. The number of ketones is 1. The number of hydrogen-bond donors (Lipinski definition) is 7. The van der Waals surface area contributed by atoms with Crippen molar-refractivity contribution in [1.82, 2.24) is 26.3 Å². The third-order valence-electron chi connectivity index (χ3n) is 9.68. The van der Waals surface area contributed by atoms with Crippen LogP contribution in [0.15, 0.2) is 103 Å². The Kier molecular flexibility index (Phi) is 14.7. The molecule has 55 heavy (non-hydrogen) atoms. The molecule has 0 saturated carbocycles. The van der Waals surface area contributed by atoms with Crippen LogP contribution in [0.1, 0.15) is 49.3 Å². The first-order valence-corrected chi connectivity index (χ1v) is 18.8. The topological polar surface area (TPSA) is 201 Å². The first kappa shape index (κ1) is 40.3. The molecule has 4 atom stereocenters. The third kappa shape index (κ3) is 11.6. The maximum Gasteiger partial charge on any atom is 0.243 e. The number of fused-ring (bicyclic) bond motifs is 2. The Labute approximate surface area is 321 Å². The molecule has 288 valence electrons. The average Bonchev–Trinajstić information content (AvgIpc) is 3.59. The Morgan fingerprint density at radius 1 is 0.600 bits per heavy atom. The standard InChI is InChI=1S/C43H51N7O5/c1-28(51)35(16-9-10-21-44)48-42(54)38(24-29-11-3-2-4-12-29)49-43(55)39(26-33-27-46-36-17-8-7-15-34(33)36)50-41(53)37(47-40(52)20-22-45)25-30-18-19-31-13-5-6-14-32(31)23-30/h2-8,11-15,17-19,23,27,35,37-39,46H,9-10,16,20-22,24-26,44-45H2,1H3,(H,47,52)(H,48,54)(H,49,55)(H,50,53). The fourth-order valence-corrected chi connectivity index (χ4v) is 6.68. The van der Waals surface area contributed by atoms with E-state index in [1.807, 2.05) is 97.1 Å². The third-order valence-corrected chi connectivity index (χ3v) is 9.68. The van der Waals surface area contributed by atoms with Crippen molar-refractivity contribution in [2.75, 3.05) is 13.1 Å². The van der Waals surface area contributed by atoms with Gasteiger partial charge in [0.05, 0.1) is 6.04 Å². The lowest BCUT2D eigenvalue weighted by molar-refractivity contribution is -0.134. The summed E-state index contributed by atoms with van der Waals surface area (Å²) in [7, 11) is 0. The van der Waals surface area contributed by atoms with Crippen LogP contribution < -0.4 is 32.7 Å². The van der Waals surface area contributed by atoms with Crippen LogP contribution in [-0.4, -0.2) is 71.7 Å². The molecule has 0 aliphatic heterocycles. The summed E-state index contributed by atoms with van der Waals surface area (Å²) in [5, 5.41) is 14.4. The van der Waals surface area contributed by atoms with Gasteiger partial charge in [-0.3, -0.25) is 24.0 Å². The average molecular weight is 746 g/mol. The molecule has 5 aromatic rings. The lowest BCUT2D eigenvalue weighted by Gasteiger charge is -2.26. The molecule has 9 N–H and O–H groups in total. The van der Waals surface area contributed by atoms with Crippen LogP contribution in [0, 0.1) is 0 Å². The molecule has 1 aromatic heterocycles. The van der Waals surface area contributed by atoms with Gasteiger partial charge in [-0.1, -0.05) is 91.0 Å². The maximum atomic E-state index is 14.4. The number of nitrogens with one attached hydrogen (secondary N) is 5. The molecule has 5 rings (SSSR count). The van der Waals surface area contributed by atoms with Crippen molar-refractivity contribution < 1.29 is 24.0 Å². The summed E-state index contributed by atoms with van der Waals surface area (Å²) >= 11 is 0. The Morgan fingerprint density at radius 3 is 1.89 bits per heavy atom. The Hall–Kier alpha value is -5.85. The number of amides is 4. The second-order valence-corrected chi connectivity index (χ2v) is 13.9. The van der Waals surface area contributed by atoms with Crippen molar-refractivity contribution in [3.8, 4) is 0 Å². The van der Waals surface area contributed by atoms with Crippen molar-refractivity contribution in [1.29, 1.82) is 0 Å². The van der Waals surface area contributed by atoms with E-state index in [1.54, 1.807) is 6.20 Å². The Bertz CT molecular complexity index is 2080. The summed E-state index contributed by atoms with van der Waals surface area (Å²) in [4.78, 5) is 71.2. The van der Waals surface area contributed by atoms with Crippen molar-refractivity contribution >= 4 is 51.1 Å². The van der Waals surface area contributed by atoms with Gasteiger partial charge in [0, 0.05) is 49.3 Å². The molecule has 12 nitrogen and oxygen atoms in total. The minimum atomic E-state index is -1.16. The van der Waals surface area contributed by atoms with E-state index in [2.05, 4.69) is 26.3 Å². The van der Waals surface area contributed by atoms with Gasteiger partial charge >= 0.3 is 0 Å². The number of carbonyl (C=O) groups is 5. The fourth-order valence-electron chi connectivity index (χ4n) is 6.68. The van der Waals surface area contributed by atoms with Crippen LogP contribution in [0.25, 0.3) is 21.7 Å². The van der Waals surface area contributed by atoms with E-state index in [0.29, 0.717) is 25.8 Å². The number of para-hydroxylation sites is 1. The highest BCUT2D eigenvalue weighted by Crippen LogP contribution is 2.20. The van der Waals surface area contributed by atoms with Gasteiger partial charge in [-0.05, 0) is 66.3 Å². The molecule has 0 aliphatic carbocycles. The molecular formula is C43H51N7O5. The quantitative estimate of drug-likeness (QED) is 0.0592. The zero-order chi connectivity index (χ0) is 39.2. The predicted octanol–water partition coefficient (Wildman–Crippen LogP) is 3.36. The van der Waals surface area contributed by atoms with Gasteiger partial charge in [0.1, 0.15) is 18.1 Å². The Morgan fingerprint density at radius 2 is 1.20 bits per heavy atom. The van der Waals surface area contributed by atoms with Crippen molar-refractivity contribution in [2.24, 2.45) is 11.5 Å². The van der Waals surface area contributed by atoms with Gasteiger partial charge in [-0.25, -0.2) is 0 Å². The van der Waals surface area contributed by atoms with E-state index < -0.39 is 47.8 Å². The van der Waals surface area contributed by atoms with E-state index in [1.165, 1.54) is 6.92 Å². The number of unbranched alkanes of at least 4 members (excludes halogenated alkanes) is 1. The molecule has 0 radical (unpaired) electrons. The normalized spacial score (nSPS) is 13.4. The largest absolute Gasteiger partial charge is 0.361 e. The van der Waals surface area contributed by atoms with E-state index >= 15 is 0 Å². The van der Waals surface area contributed by atoms with E-state index in [0.717, 1.165) is 38.4 Å². The van der Waals surface area contributed by atoms with E-state index in [4.69, 9.17) is 11.5 Å². The van der Waals surface area contributed by atoms with Gasteiger partial charge in [-0.2, -0.15) is 0 Å². The van der Waals surface area contributed by atoms with Crippen LogP contribution in [0.2, 0.25) is 0 Å². The first-order chi connectivity index (χ1) is 26.6. The minimum Gasteiger partial charge on any atom is -0.361 e. The Balaban J connectivity index is 1.44. The highest BCUT2D eigenvalue weighted by atomic mass is 16.2. The minimum absolute atomic E-state index is 0.0184. The molecule has 4 amide bonds. The highest BCUT2D eigenvalue weighted by molar-refractivity contribution is 5.96. The van der Waals surface area contributed by atoms with Gasteiger partial charge in [0.15, 0.2) is 5.78 Å². The second-order valence-electron chi connectivity index (χ2n) is 13.9. The van der Waals surface area contributed by atoms with Gasteiger partial charge in [-0.15, -0.1) is 0 Å². The molecule has 12 heteroatoms. The highest BCUT2D eigenvalue weighted by Gasteiger charge is 2.32. The summed E-state index contributed by atoms with van der Waals surface area (Å²) in [6, 6.07) is 26.5. The fraction of sp³-hybridized carbons (Fsp3) is 0.326. The molecule has 4 unspecified atom stereocenters. The molecule has 4 aromatic carbocycles. The smallest absolute Gasteiger partial charge is 0.243 e. The lowest BCUT2D eigenvalue weighted by Crippen LogP contribution is -2.59.